The summed E-state index contributed by atoms with van der Waals surface area (Å²) in [5.74, 6) is 0.739. The Hall–Kier alpha value is -2.86. The molecule has 2 aromatic carbocycles. The van der Waals surface area contributed by atoms with Gasteiger partial charge in [0, 0.05) is 28.4 Å². The van der Waals surface area contributed by atoms with E-state index < -0.39 is 0 Å². The Morgan fingerprint density at radius 3 is 2.57 bits per heavy atom. The fraction of sp³-hybridized carbons (Fsp3) is 0.182. The molecule has 1 heterocycles. The van der Waals surface area contributed by atoms with E-state index in [2.05, 4.69) is 10.5 Å². The molecule has 0 bridgehead atoms. The molecule has 0 saturated heterocycles. The van der Waals surface area contributed by atoms with Crippen molar-refractivity contribution in [1.82, 2.24) is 9.99 Å². The molecule has 0 aliphatic heterocycles. The second-order valence-electron chi connectivity index (χ2n) is 6.41. The van der Waals surface area contributed by atoms with Crippen molar-refractivity contribution >= 4 is 23.9 Å². The first-order valence-electron chi connectivity index (χ1n) is 8.93. The Morgan fingerprint density at radius 1 is 1.14 bits per heavy atom. The molecule has 0 fully saturated rings. The van der Waals surface area contributed by atoms with Crippen LogP contribution in [0.4, 0.5) is 4.39 Å². The van der Waals surface area contributed by atoms with E-state index in [1.807, 2.05) is 54.8 Å². The number of nitrogens with zero attached hydrogens (tertiary/aromatic N) is 2. The van der Waals surface area contributed by atoms with Crippen LogP contribution in [0.3, 0.4) is 0 Å². The predicted molar refractivity (Wildman–Crippen MR) is 114 cm³/mol. The standard InChI is InChI=1S/C22H22FN3OS/c1-16-12-19(17(2)26(16)21-10-8-20(23)9-11-21)13-24-25-22(27)15-28-14-18-6-4-3-5-7-18/h3-13H,14-15H2,1-2H3,(H,25,27)/b24-13+. The molecular weight excluding hydrogens is 373 g/mol. The zero-order valence-corrected chi connectivity index (χ0v) is 16.7. The average molecular weight is 396 g/mol. The van der Waals surface area contributed by atoms with Crippen LogP contribution in [-0.4, -0.2) is 22.4 Å². The van der Waals surface area contributed by atoms with Gasteiger partial charge in [0.1, 0.15) is 5.82 Å². The van der Waals surface area contributed by atoms with Crippen LogP contribution in [0, 0.1) is 19.7 Å². The summed E-state index contributed by atoms with van der Waals surface area (Å²) in [4.78, 5) is 11.9. The molecule has 1 N–H and O–H groups in total. The molecule has 0 saturated carbocycles. The normalized spacial score (nSPS) is 11.1. The number of hydrogen-bond acceptors (Lipinski definition) is 3. The first-order chi connectivity index (χ1) is 13.5. The molecule has 3 rings (SSSR count). The molecular formula is C22H22FN3OS. The number of hydrazone groups is 1. The van der Waals surface area contributed by atoms with Crippen molar-refractivity contribution in [2.45, 2.75) is 19.6 Å². The number of aryl methyl sites for hydroxylation is 1. The number of nitrogens with one attached hydrogen (secondary N) is 1. The van der Waals surface area contributed by atoms with Crippen molar-refractivity contribution < 1.29 is 9.18 Å². The number of rotatable bonds is 7. The summed E-state index contributed by atoms with van der Waals surface area (Å²) in [6.07, 6.45) is 1.64. The lowest BCUT2D eigenvalue weighted by atomic mass is 10.2. The minimum atomic E-state index is -0.263. The highest BCUT2D eigenvalue weighted by Crippen LogP contribution is 2.20. The quantitative estimate of drug-likeness (QED) is 0.469. The third kappa shape index (κ3) is 5.10. The predicted octanol–water partition coefficient (Wildman–Crippen LogP) is 4.62. The van der Waals surface area contributed by atoms with E-state index in [1.54, 1.807) is 30.1 Å². The van der Waals surface area contributed by atoms with Gasteiger partial charge in [-0.3, -0.25) is 4.79 Å². The van der Waals surface area contributed by atoms with Gasteiger partial charge in [-0.05, 0) is 49.7 Å². The smallest absolute Gasteiger partial charge is 0.250 e. The number of aromatic nitrogens is 1. The van der Waals surface area contributed by atoms with Crippen LogP contribution in [0.5, 0.6) is 0 Å². The number of thioether (sulfide) groups is 1. The van der Waals surface area contributed by atoms with Gasteiger partial charge in [-0.2, -0.15) is 5.10 Å². The largest absolute Gasteiger partial charge is 0.318 e. The van der Waals surface area contributed by atoms with Gasteiger partial charge >= 0.3 is 0 Å². The molecule has 4 nitrogen and oxygen atoms in total. The zero-order chi connectivity index (χ0) is 19.9. The molecule has 0 unspecified atom stereocenters. The first kappa shape index (κ1) is 19.9. The first-order valence-corrected chi connectivity index (χ1v) is 10.1. The second kappa shape index (κ2) is 9.37. The van der Waals surface area contributed by atoms with E-state index >= 15 is 0 Å². The summed E-state index contributed by atoms with van der Waals surface area (Å²) in [7, 11) is 0. The second-order valence-corrected chi connectivity index (χ2v) is 7.40. The van der Waals surface area contributed by atoms with Crippen molar-refractivity contribution in [3.63, 3.8) is 0 Å². The Kier molecular flexibility index (Phi) is 6.66. The maximum Gasteiger partial charge on any atom is 0.250 e. The number of benzene rings is 2. The number of hydrogen-bond donors (Lipinski definition) is 1. The minimum Gasteiger partial charge on any atom is -0.318 e. The highest BCUT2D eigenvalue weighted by molar-refractivity contribution is 7.99. The fourth-order valence-corrected chi connectivity index (χ4v) is 3.73. The SMILES string of the molecule is Cc1cc(/C=N/NC(=O)CSCc2ccccc2)c(C)n1-c1ccc(F)cc1. The molecule has 0 atom stereocenters. The lowest BCUT2D eigenvalue weighted by molar-refractivity contribution is -0.118. The summed E-state index contributed by atoms with van der Waals surface area (Å²) in [5.41, 5.74) is 7.53. The van der Waals surface area contributed by atoms with E-state index in [0.717, 1.165) is 28.4 Å². The molecule has 0 aliphatic carbocycles. The van der Waals surface area contributed by atoms with Crippen molar-refractivity contribution in [2.75, 3.05) is 5.75 Å². The monoisotopic (exact) mass is 395 g/mol. The topological polar surface area (TPSA) is 46.4 Å². The Morgan fingerprint density at radius 2 is 1.86 bits per heavy atom. The summed E-state index contributed by atoms with van der Waals surface area (Å²) in [6.45, 7) is 3.95. The van der Waals surface area contributed by atoms with Crippen molar-refractivity contribution in [3.8, 4) is 5.69 Å². The molecule has 28 heavy (non-hydrogen) atoms. The fourth-order valence-electron chi connectivity index (χ4n) is 2.95. The molecule has 3 aromatic rings. The van der Waals surface area contributed by atoms with Gasteiger partial charge in [-0.1, -0.05) is 30.3 Å². The summed E-state index contributed by atoms with van der Waals surface area (Å²) >= 11 is 1.55. The van der Waals surface area contributed by atoms with Gasteiger partial charge in [-0.25, -0.2) is 9.82 Å². The number of carbonyl (C=O) groups is 1. The van der Waals surface area contributed by atoms with Crippen LogP contribution >= 0.6 is 11.8 Å². The Bertz CT molecular complexity index is 965. The van der Waals surface area contributed by atoms with E-state index in [0.29, 0.717) is 5.75 Å². The van der Waals surface area contributed by atoms with Gasteiger partial charge in [0.05, 0.1) is 12.0 Å². The average Bonchev–Trinajstić information content (AvgIpc) is 2.97. The van der Waals surface area contributed by atoms with E-state index in [9.17, 15) is 9.18 Å². The highest BCUT2D eigenvalue weighted by atomic mass is 32.2. The molecule has 0 aliphatic rings. The lowest BCUT2D eigenvalue weighted by Gasteiger charge is -2.09. The van der Waals surface area contributed by atoms with Crippen LogP contribution in [-0.2, 0) is 10.5 Å². The van der Waals surface area contributed by atoms with Crippen molar-refractivity contribution in [3.05, 3.63) is 89.0 Å². The van der Waals surface area contributed by atoms with E-state index in [1.165, 1.54) is 17.7 Å². The van der Waals surface area contributed by atoms with Crippen LogP contribution in [0.25, 0.3) is 5.69 Å². The van der Waals surface area contributed by atoms with Crippen LogP contribution in [0.1, 0.15) is 22.5 Å². The molecule has 0 radical (unpaired) electrons. The number of amides is 1. The minimum absolute atomic E-state index is 0.135. The maximum absolute atomic E-state index is 13.2. The summed E-state index contributed by atoms with van der Waals surface area (Å²) in [6, 6.07) is 18.4. The van der Waals surface area contributed by atoms with Crippen LogP contribution in [0.2, 0.25) is 0 Å². The van der Waals surface area contributed by atoms with Gasteiger partial charge in [0.25, 0.3) is 0 Å². The summed E-state index contributed by atoms with van der Waals surface area (Å²) < 4.78 is 15.2. The van der Waals surface area contributed by atoms with E-state index in [4.69, 9.17) is 0 Å². The third-order valence-corrected chi connectivity index (χ3v) is 5.30. The maximum atomic E-state index is 13.2. The Balaban J connectivity index is 1.56. The van der Waals surface area contributed by atoms with E-state index in [-0.39, 0.29) is 11.7 Å². The van der Waals surface area contributed by atoms with Gasteiger partial charge in [0.15, 0.2) is 0 Å². The van der Waals surface area contributed by atoms with Crippen LogP contribution < -0.4 is 5.43 Å². The Labute approximate surface area is 168 Å². The molecule has 1 amide bonds. The third-order valence-electron chi connectivity index (χ3n) is 4.29. The molecule has 144 valence electrons. The zero-order valence-electron chi connectivity index (χ0n) is 15.9. The highest BCUT2D eigenvalue weighted by Gasteiger charge is 2.09. The molecule has 6 heteroatoms. The molecule has 0 spiro atoms. The van der Waals surface area contributed by atoms with Crippen molar-refractivity contribution in [1.29, 1.82) is 0 Å². The van der Waals surface area contributed by atoms with Gasteiger partial charge < -0.3 is 4.57 Å². The number of halogens is 1. The summed E-state index contributed by atoms with van der Waals surface area (Å²) in [5, 5.41) is 4.08. The number of carbonyl (C=O) groups excluding carboxylic acids is 1. The van der Waals surface area contributed by atoms with Gasteiger partial charge in [-0.15, -0.1) is 11.8 Å². The van der Waals surface area contributed by atoms with Crippen LogP contribution in [0.15, 0.2) is 65.8 Å². The van der Waals surface area contributed by atoms with Crippen molar-refractivity contribution in [2.24, 2.45) is 5.10 Å². The van der Waals surface area contributed by atoms with Gasteiger partial charge in [0.2, 0.25) is 5.91 Å². The lowest BCUT2D eigenvalue weighted by Crippen LogP contribution is -2.19. The molecule has 1 aromatic heterocycles.